The van der Waals surface area contributed by atoms with E-state index >= 15 is 0 Å². The highest BCUT2D eigenvalue weighted by atomic mass is 16.6. The largest absolute Gasteiger partial charge is 0.444 e. The molecule has 0 aromatic heterocycles. The lowest BCUT2D eigenvalue weighted by Gasteiger charge is -2.60. The number of carbonyl (C=O) groups is 2. The average molecular weight is 279 g/mol. The van der Waals surface area contributed by atoms with E-state index in [1.54, 1.807) is 0 Å². The van der Waals surface area contributed by atoms with Crippen molar-refractivity contribution in [2.45, 2.75) is 70.9 Å². The Hall–Kier alpha value is -1.06. The molecule has 1 amide bonds. The lowest BCUT2D eigenvalue weighted by Crippen LogP contribution is -2.71. The first kappa shape index (κ1) is 13.9. The molecule has 0 bridgehead atoms. The van der Waals surface area contributed by atoms with Crippen LogP contribution in [0.3, 0.4) is 0 Å². The summed E-state index contributed by atoms with van der Waals surface area (Å²) in [6.45, 7) is 6.42. The number of hydrogen-bond acceptors (Lipinski definition) is 3. The van der Waals surface area contributed by atoms with Crippen LogP contribution in [0.15, 0.2) is 0 Å². The maximum Gasteiger partial charge on any atom is 0.410 e. The Kier molecular flexibility index (Phi) is 3.11. The van der Waals surface area contributed by atoms with Crippen LogP contribution >= 0.6 is 0 Å². The SMILES string of the molecule is CC(C)(C)OC(=O)N1CCCC[C@H]2C(=O)C3(CCC3)[C@H]21. The molecule has 4 nitrogen and oxygen atoms in total. The monoisotopic (exact) mass is 279 g/mol. The zero-order chi connectivity index (χ0) is 14.5. The molecule has 0 aromatic carbocycles. The average Bonchev–Trinajstić information content (AvgIpc) is 2.45. The number of Topliss-reactive ketones (excluding diaryl/α,β-unsaturated/α-hetero) is 1. The van der Waals surface area contributed by atoms with Crippen LogP contribution in [0.1, 0.15) is 59.3 Å². The van der Waals surface area contributed by atoms with Gasteiger partial charge in [0.15, 0.2) is 0 Å². The van der Waals surface area contributed by atoms with E-state index in [9.17, 15) is 9.59 Å². The Morgan fingerprint density at radius 1 is 1.25 bits per heavy atom. The lowest BCUT2D eigenvalue weighted by atomic mass is 9.46. The maximum absolute atomic E-state index is 12.5. The number of ketones is 1. The van der Waals surface area contributed by atoms with Gasteiger partial charge in [-0.2, -0.15) is 0 Å². The molecule has 0 aromatic rings. The predicted octanol–water partition coefficient (Wildman–Crippen LogP) is 3.15. The van der Waals surface area contributed by atoms with Crippen LogP contribution in [0.2, 0.25) is 0 Å². The summed E-state index contributed by atoms with van der Waals surface area (Å²) in [4.78, 5) is 26.8. The molecule has 2 aliphatic carbocycles. The third kappa shape index (κ3) is 1.95. The summed E-state index contributed by atoms with van der Waals surface area (Å²) in [6, 6.07) is 0.112. The molecule has 2 atom stereocenters. The quantitative estimate of drug-likeness (QED) is 0.684. The highest BCUT2D eigenvalue weighted by Gasteiger charge is 2.66. The predicted molar refractivity (Wildman–Crippen MR) is 75.4 cm³/mol. The molecule has 0 N–H and O–H groups in total. The van der Waals surface area contributed by atoms with E-state index in [0.29, 0.717) is 5.78 Å². The second kappa shape index (κ2) is 4.47. The number of amides is 1. The molecule has 3 aliphatic rings. The number of likely N-dealkylation sites (tertiary alicyclic amines) is 1. The van der Waals surface area contributed by atoms with Gasteiger partial charge in [0.2, 0.25) is 0 Å². The van der Waals surface area contributed by atoms with Gasteiger partial charge in [0, 0.05) is 12.5 Å². The Balaban J connectivity index is 1.81. The molecule has 1 saturated heterocycles. The smallest absolute Gasteiger partial charge is 0.410 e. The van der Waals surface area contributed by atoms with Crippen molar-refractivity contribution in [3.05, 3.63) is 0 Å². The molecular weight excluding hydrogens is 254 g/mol. The topological polar surface area (TPSA) is 46.6 Å². The minimum atomic E-state index is -0.473. The van der Waals surface area contributed by atoms with Gasteiger partial charge in [-0.1, -0.05) is 12.8 Å². The van der Waals surface area contributed by atoms with Crippen molar-refractivity contribution >= 4 is 11.9 Å². The van der Waals surface area contributed by atoms with E-state index < -0.39 is 5.60 Å². The van der Waals surface area contributed by atoms with Gasteiger partial charge >= 0.3 is 6.09 Å². The molecule has 0 radical (unpaired) electrons. The van der Waals surface area contributed by atoms with Gasteiger partial charge in [-0.25, -0.2) is 4.79 Å². The molecule has 20 heavy (non-hydrogen) atoms. The van der Waals surface area contributed by atoms with Crippen molar-refractivity contribution in [2.75, 3.05) is 6.54 Å². The first-order chi connectivity index (χ1) is 9.35. The molecule has 1 spiro atoms. The molecule has 3 rings (SSSR count). The van der Waals surface area contributed by atoms with E-state index in [1.165, 1.54) is 0 Å². The van der Waals surface area contributed by atoms with E-state index in [1.807, 2.05) is 25.7 Å². The van der Waals surface area contributed by atoms with Gasteiger partial charge in [0.1, 0.15) is 11.4 Å². The van der Waals surface area contributed by atoms with Crippen molar-refractivity contribution < 1.29 is 14.3 Å². The van der Waals surface area contributed by atoms with Crippen LogP contribution in [0, 0.1) is 11.3 Å². The van der Waals surface area contributed by atoms with Crippen LogP contribution in [0.4, 0.5) is 4.79 Å². The van der Waals surface area contributed by atoms with Gasteiger partial charge in [0.05, 0.1) is 11.5 Å². The number of nitrogens with zero attached hydrogens (tertiary/aromatic N) is 1. The van der Waals surface area contributed by atoms with E-state index in [2.05, 4.69) is 0 Å². The molecule has 112 valence electrons. The highest BCUT2D eigenvalue weighted by molar-refractivity contribution is 5.97. The molecule has 0 unspecified atom stereocenters. The van der Waals surface area contributed by atoms with E-state index in [0.717, 1.165) is 45.1 Å². The van der Waals surface area contributed by atoms with E-state index in [4.69, 9.17) is 4.74 Å². The van der Waals surface area contributed by atoms with Crippen LogP contribution in [0.25, 0.3) is 0 Å². The Morgan fingerprint density at radius 3 is 2.50 bits per heavy atom. The van der Waals surface area contributed by atoms with Crippen molar-refractivity contribution in [1.29, 1.82) is 0 Å². The summed E-state index contributed by atoms with van der Waals surface area (Å²) in [5, 5.41) is 0. The summed E-state index contributed by atoms with van der Waals surface area (Å²) >= 11 is 0. The maximum atomic E-state index is 12.5. The third-order valence-corrected chi connectivity index (χ3v) is 5.15. The van der Waals surface area contributed by atoms with Gasteiger partial charge in [0.25, 0.3) is 0 Å². The fourth-order valence-corrected chi connectivity index (χ4v) is 4.16. The first-order valence-corrected chi connectivity index (χ1v) is 7.89. The van der Waals surface area contributed by atoms with Crippen LogP contribution < -0.4 is 0 Å². The molecule has 4 heteroatoms. The summed E-state index contributed by atoms with van der Waals surface area (Å²) < 4.78 is 5.56. The van der Waals surface area contributed by atoms with Crippen molar-refractivity contribution in [3.63, 3.8) is 0 Å². The Labute approximate surface area is 120 Å². The molecule has 1 heterocycles. The fraction of sp³-hybridized carbons (Fsp3) is 0.875. The number of carbonyl (C=O) groups excluding carboxylic acids is 2. The number of ether oxygens (including phenoxy) is 1. The summed E-state index contributed by atoms with van der Waals surface area (Å²) in [5.74, 6) is 0.495. The summed E-state index contributed by atoms with van der Waals surface area (Å²) in [7, 11) is 0. The normalized spacial score (nSPS) is 31.9. The molecule has 1 aliphatic heterocycles. The Bertz CT molecular complexity index is 433. The van der Waals surface area contributed by atoms with Crippen LogP contribution in [0.5, 0.6) is 0 Å². The van der Waals surface area contributed by atoms with Gasteiger partial charge < -0.3 is 9.64 Å². The molecule has 3 fully saturated rings. The standard InChI is InChI=1S/C16H25NO3/c1-15(2,3)20-14(19)17-10-5-4-7-11-12(17)16(13(11)18)8-6-9-16/h11-12H,4-10H2,1-3H3/t11-,12+/m1/s1. The second-order valence-corrected chi connectivity index (χ2v) is 7.59. The lowest BCUT2D eigenvalue weighted by molar-refractivity contribution is -0.171. The van der Waals surface area contributed by atoms with Crippen molar-refractivity contribution in [3.8, 4) is 0 Å². The minimum Gasteiger partial charge on any atom is -0.444 e. The minimum absolute atomic E-state index is 0.0744. The van der Waals surface area contributed by atoms with Crippen molar-refractivity contribution in [1.82, 2.24) is 4.90 Å². The summed E-state index contributed by atoms with van der Waals surface area (Å²) in [6.07, 6.45) is 5.80. The molecular formula is C16H25NO3. The number of rotatable bonds is 0. The highest BCUT2D eigenvalue weighted by Crippen LogP contribution is 2.59. The van der Waals surface area contributed by atoms with Crippen molar-refractivity contribution in [2.24, 2.45) is 11.3 Å². The van der Waals surface area contributed by atoms with Gasteiger partial charge in [-0.3, -0.25) is 4.79 Å². The second-order valence-electron chi connectivity index (χ2n) is 7.59. The zero-order valence-corrected chi connectivity index (χ0v) is 12.8. The fourth-order valence-electron chi connectivity index (χ4n) is 4.16. The van der Waals surface area contributed by atoms with E-state index in [-0.39, 0.29) is 23.5 Å². The zero-order valence-electron chi connectivity index (χ0n) is 12.8. The first-order valence-electron chi connectivity index (χ1n) is 7.89. The van der Waals surface area contributed by atoms with Gasteiger partial charge in [-0.15, -0.1) is 0 Å². The summed E-state index contributed by atoms with van der Waals surface area (Å²) in [5.41, 5.74) is -0.675. The number of fused-ring (bicyclic) bond motifs is 2. The molecule has 2 saturated carbocycles. The van der Waals surface area contributed by atoms with Crippen LogP contribution in [-0.4, -0.2) is 35.0 Å². The third-order valence-electron chi connectivity index (χ3n) is 5.15. The van der Waals surface area contributed by atoms with Gasteiger partial charge in [-0.05, 0) is 46.5 Å². The number of hydrogen-bond donors (Lipinski definition) is 0. The Morgan fingerprint density at radius 2 is 1.95 bits per heavy atom. The van der Waals surface area contributed by atoms with Crippen LogP contribution in [-0.2, 0) is 9.53 Å².